The summed E-state index contributed by atoms with van der Waals surface area (Å²) in [6, 6.07) is 6.73. The van der Waals surface area contributed by atoms with E-state index in [1.54, 1.807) is 12.1 Å². The molecule has 1 unspecified atom stereocenters. The molecule has 0 radical (unpaired) electrons. The lowest BCUT2D eigenvalue weighted by molar-refractivity contribution is 0.527. The van der Waals surface area contributed by atoms with E-state index in [0.717, 1.165) is 10.0 Å². The zero-order valence-corrected chi connectivity index (χ0v) is 13.0. The van der Waals surface area contributed by atoms with Crippen molar-refractivity contribution in [1.29, 1.82) is 0 Å². The predicted molar refractivity (Wildman–Crippen MR) is 76.0 cm³/mol. The van der Waals surface area contributed by atoms with E-state index in [9.17, 15) is 13.2 Å². The van der Waals surface area contributed by atoms with Crippen LogP contribution in [0.2, 0.25) is 0 Å². The van der Waals surface area contributed by atoms with Crippen molar-refractivity contribution in [1.82, 2.24) is 0 Å². The Labute approximate surface area is 125 Å². The van der Waals surface area contributed by atoms with Crippen LogP contribution >= 0.6 is 31.9 Å². The van der Waals surface area contributed by atoms with Crippen LogP contribution in [0, 0.1) is 24.4 Å². The van der Waals surface area contributed by atoms with Crippen molar-refractivity contribution in [2.75, 3.05) is 0 Å². The van der Waals surface area contributed by atoms with Crippen molar-refractivity contribution in [3.63, 3.8) is 0 Å². The summed E-state index contributed by atoms with van der Waals surface area (Å²) in [7, 11) is 0. The van der Waals surface area contributed by atoms with Gasteiger partial charge in [-0.25, -0.2) is 13.2 Å². The molecule has 0 saturated carbocycles. The zero-order chi connectivity index (χ0) is 14.2. The van der Waals surface area contributed by atoms with Crippen molar-refractivity contribution < 1.29 is 13.2 Å². The molecule has 0 aliphatic heterocycles. The third-order valence-electron chi connectivity index (χ3n) is 2.79. The molecule has 0 aliphatic carbocycles. The molecular weight excluding hydrogens is 385 g/mol. The predicted octanol–water partition coefficient (Wildman–Crippen LogP) is 5.66. The number of halogens is 5. The molecule has 19 heavy (non-hydrogen) atoms. The first kappa shape index (κ1) is 14.6. The molecule has 0 N–H and O–H groups in total. The molecule has 2 rings (SSSR count). The molecule has 0 aromatic heterocycles. The number of hydrogen-bond donors (Lipinski definition) is 0. The van der Waals surface area contributed by atoms with E-state index >= 15 is 0 Å². The van der Waals surface area contributed by atoms with Crippen LogP contribution in [0.1, 0.15) is 21.5 Å². The molecule has 1 atom stereocenters. The van der Waals surface area contributed by atoms with Gasteiger partial charge >= 0.3 is 0 Å². The van der Waals surface area contributed by atoms with E-state index < -0.39 is 22.3 Å². The van der Waals surface area contributed by atoms with Crippen LogP contribution in [0.5, 0.6) is 0 Å². The molecule has 0 saturated heterocycles. The average Bonchev–Trinajstić information content (AvgIpc) is 2.31. The molecule has 100 valence electrons. The summed E-state index contributed by atoms with van der Waals surface area (Å²) in [5, 5.41) is 0. The van der Waals surface area contributed by atoms with E-state index in [0.29, 0.717) is 17.7 Å². The van der Waals surface area contributed by atoms with Gasteiger partial charge in [0, 0.05) is 22.2 Å². The van der Waals surface area contributed by atoms with Gasteiger partial charge in [-0.15, -0.1) is 0 Å². The highest BCUT2D eigenvalue weighted by Gasteiger charge is 2.21. The van der Waals surface area contributed by atoms with Crippen molar-refractivity contribution in [3.05, 3.63) is 68.9 Å². The van der Waals surface area contributed by atoms with Crippen molar-refractivity contribution >= 4 is 31.9 Å². The second-order valence-electron chi connectivity index (χ2n) is 4.15. The second kappa shape index (κ2) is 5.67. The summed E-state index contributed by atoms with van der Waals surface area (Å²) in [4.78, 5) is -0.676. The van der Waals surface area contributed by atoms with Gasteiger partial charge in [-0.05, 0) is 24.1 Å². The first-order valence-corrected chi connectivity index (χ1v) is 7.15. The molecule has 2 aromatic rings. The molecule has 0 amide bonds. The van der Waals surface area contributed by atoms with Crippen molar-refractivity contribution in [2.45, 2.75) is 11.8 Å². The average molecular weight is 394 g/mol. The number of benzene rings is 2. The van der Waals surface area contributed by atoms with Crippen LogP contribution in [0.15, 0.2) is 34.8 Å². The fourth-order valence-corrected chi connectivity index (χ4v) is 2.85. The second-order valence-corrected chi connectivity index (χ2v) is 5.92. The van der Waals surface area contributed by atoms with Gasteiger partial charge in [0.15, 0.2) is 0 Å². The maximum absolute atomic E-state index is 13.7. The van der Waals surface area contributed by atoms with Gasteiger partial charge in [0.25, 0.3) is 0 Å². The van der Waals surface area contributed by atoms with Crippen LogP contribution in [0.25, 0.3) is 0 Å². The largest absolute Gasteiger partial charge is 0.207 e. The number of hydrogen-bond acceptors (Lipinski definition) is 0. The number of alkyl halides is 1. The van der Waals surface area contributed by atoms with Gasteiger partial charge in [0.1, 0.15) is 17.5 Å². The maximum Gasteiger partial charge on any atom is 0.133 e. The molecular formula is C14H9Br2F3. The summed E-state index contributed by atoms with van der Waals surface area (Å²) in [5.41, 5.74) is 1.50. The van der Waals surface area contributed by atoms with E-state index in [1.807, 2.05) is 13.0 Å². The standard InChI is InChI=1S/C14H9Br2F3/c1-7-2-3-8(4-10(7)15)14(16)13-11(18)5-9(17)6-12(13)19/h2-6,14H,1H3. The summed E-state index contributed by atoms with van der Waals surface area (Å²) in [6.07, 6.45) is 0. The third-order valence-corrected chi connectivity index (χ3v) is 4.63. The summed E-state index contributed by atoms with van der Waals surface area (Å²) in [6.45, 7) is 1.91. The molecule has 0 spiro atoms. The van der Waals surface area contributed by atoms with Crippen LogP contribution in [-0.2, 0) is 0 Å². The van der Waals surface area contributed by atoms with E-state index in [2.05, 4.69) is 31.9 Å². The third kappa shape index (κ3) is 3.03. The first-order valence-electron chi connectivity index (χ1n) is 5.44. The minimum atomic E-state index is -0.927. The Balaban J connectivity index is 2.49. The van der Waals surface area contributed by atoms with E-state index in [4.69, 9.17) is 0 Å². The van der Waals surface area contributed by atoms with Gasteiger partial charge < -0.3 is 0 Å². The number of rotatable bonds is 2. The van der Waals surface area contributed by atoms with Crippen LogP contribution in [0.4, 0.5) is 13.2 Å². The van der Waals surface area contributed by atoms with Crippen molar-refractivity contribution in [2.24, 2.45) is 0 Å². The molecule has 0 aliphatic rings. The molecule has 0 bridgehead atoms. The molecule has 2 aromatic carbocycles. The molecule has 5 heteroatoms. The van der Waals surface area contributed by atoms with Crippen LogP contribution < -0.4 is 0 Å². The Bertz CT molecular complexity index is 603. The Kier molecular flexibility index (Phi) is 4.36. The highest BCUT2D eigenvalue weighted by molar-refractivity contribution is 9.10. The minimum Gasteiger partial charge on any atom is -0.207 e. The SMILES string of the molecule is Cc1ccc(C(Br)c2c(F)cc(F)cc2F)cc1Br. The first-order chi connectivity index (χ1) is 8.90. The summed E-state index contributed by atoms with van der Waals surface area (Å²) < 4.78 is 41.1. The fourth-order valence-electron chi connectivity index (χ4n) is 1.73. The van der Waals surface area contributed by atoms with Gasteiger partial charge in [-0.3, -0.25) is 0 Å². The van der Waals surface area contributed by atoms with Gasteiger partial charge in [-0.1, -0.05) is 44.0 Å². The molecule has 0 nitrogen and oxygen atoms in total. The van der Waals surface area contributed by atoms with Gasteiger partial charge in [0.05, 0.1) is 4.83 Å². The lowest BCUT2D eigenvalue weighted by Crippen LogP contribution is -2.02. The normalized spacial score (nSPS) is 12.5. The lowest BCUT2D eigenvalue weighted by atomic mass is 10.0. The maximum atomic E-state index is 13.7. The number of aryl methyl sites for hydroxylation is 1. The highest BCUT2D eigenvalue weighted by Crippen LogP contribution is 2.36. The van der Waals surface area contributed by atoms with Crippen LogP contribution in [-0.4, -0.2) is 0 Å². The van der Waals surface area contributed by atoms with Gasteiger partial charge in [0.2, 0.25) is 0 Å². The topological polar surface area (TPSA) is 0 Å². The summed E-state index contributed by atoms with van der Waals surface area (Å²) in [5.74, 6) is -2.74. The lowest BCUT2D eigenvalue weighted by Gasteiger charge is -2.14. The van der Waals surface area contributed by atoms with E-state index in [1.165, 1.54) is 0 Å². The Hall–Kier alpha value is -0.810. The molecule has 0 fully saturated rings. The highest BCUT2D eigenvalue weighted by atomic mass is 79.9. The van der Waals surface area contributed by atoms with Crippen LogP contribution in [0.3, 0.4) is 0 Å². The Morgan fingerprint density at radius 3 is 2.11 bits per heavy atom. The Morgan fingerprint density at radius 2 is 1.58 bits per heavy atom. The minimum absolute atomic E-state index is 0.197. The quantitative estimate of drug-likeness (QED) is 0.577. The van der Waals surface area contributed by atoms with E-state index in [-0.39, 0.29) is 5.56 Å². The monoisotopic (exact) mass is 392 g/mol. The zero-order valence-electron chi connectivity index (χ0n) is 9.85. The summed E-state index contributed by atoms with van der Waals surface area (Å²) >= 11 is 6.62. The smallest absolute Gasteiger partial charge is 0.133 e. The Morgan fingerprint density at radius 1 is 1.00 bits per heavy atom. The molecule has 0 heterocycles. The van der Waals surface area contributed by atoms with Gasteiger partial charge in [-0.2, -0.15) is 0 Å². The fraction of sp³-hybridized carbons (Fsp3) is 0.143. The van der Waals surface area contributed by atoms with Crippen molar-refractivity contribution in [3.8, 4) is 0 Å².